The Morgan fingerprint density at radius 3 is 1.54 bits per heavy atom. The van der Waals surface area contributed by atoms with Crippen LogP contribution in [0.5, 0.6) is 0 Å². The Bertz CT molecular complexity index is 859. The first kappa shape index (κ1) is 29.8. The number of hydrogen-bond acceptors (Lipinski definition) is 0. The number of hydrogen-bond donors (Lipinski definition) is 0. The van der Waals surface area contributed by atoms with Crippen LogP contribution in [0, 0.1) is 34.5 Å². The smallest absolute Gasteiger partial charge is 1.00 e. The molecule has 0 radical (unpaired) electrons. The molecule has 0 nitrogen and oxygen atoms in total. The van der Waals surface area contributed by atoms with Crippen molar-refractivity contribution in [1.29, 1.82) is 0 Å². The van der Waals surface area contributed by atoms with Crippen LogP contribution in [0.1, 0.15) is 99.3 Å². The summed E-state index contributed by atoms with van der Waals surface area (Å²) in [6, 6.07) is 0. The van der Waals surface area contributed by atoms with Gasteiger partial charge in [-0.1, -0.05) is 0 Å². The Hall–Kier alpha value is 0.293. The second-order valence-electron chi connectivity index (χ2n) is 13.7. The van der Waals surface area contributed by atoms with Gasteiger partial charge in [0.05, 0.1) is 0 Å². The summed E-state index contributed by atoms with van der Waals surface area (Å²) in [5.74, 6) is 3.38. The fourth-order valence-electron chi connectivity index (χ4n) is 8.62. The summed E-state index contributed by atoms with van der Waals surface area (Å²) in [6.45, 7) is 15.5. The minimum Gasteiger partial charge on any atom is -1.00 e. The molecule has 0 saturated heterocycles. The minimum absolute atomic E-state index is 0. The molecule has 5 aliphatic carbocycles. The standard InChI is InChI=1S/2C13H19.C6H10.2ClH.Zr/c2*1-10-8-11-6-4-5-7-13(2,3)12(11)9-10;1-2-4-6-5-3-1;;;/h2*4-6,8,10,12H,7,9H2,1-3H3;1-5H2;2*1H;/q;;;;;+2/p-2. The third-order valence-corrected chi connectivity index (χ3v) is 21.4. The predicted molar refractivity (Wildman–Crippen MR) is 141 cm³/mol. The van der Waals surface area contributed by atoms with Crippen molar-refractivity contribution in [3.8, 4) is 0 Å². The molecule has 0 N–H and O–H groups in total. The molecule has 3 heteroatoms. The van der Waals surface area contributed by atoms with Crippen molar-refractivity contribution in [2.24, 2.45) is 34.5 Å². The van der Waals surface area contributed by atoms with Crippen molar-refractivity contribution in [1.82, 2.24) is 0 Å². The molecule has 35 heavy (non-hydrogen) atoms. The van der Waals surface area contributed by atoms with E-state index in [0.717, 1.165) is 30.9 Å². The predicted octanol–water partition coefficient (Wildman–Crippen LogP) is 3.46. The molecule has 6 atom stereocenters. The molecule has 5 aliphatic rings. The van der Waals surface area contributed by atoms with Gasteiger partial charge >= 0.3 is 213 Å². The molecule has 0 aliphatic heterocycles. The molecular weight excluding hydrogens is 546 g/mol. The van der Waals surface area contributed by atoms with E-state index in [2.05, 4.69) is 81.2 Å². The molecule has 5 rings (SSSR count). The first-order chi connectivity index (χ1) is 15.7. The van der Waals surface area contributed by atoms with Gasteiger partial charge in [-0.15, -0.1) is 0 Å². The van der Waals surface area contributed by atoms with Crippen LogP contribution in [0.2, 0.25) is 7.25 Å². The van der Waals surface area contributed by atoms with Gasteiger partial charge in [0.1, 0.15) is 0 Å². The quantitative estimate of drug-likeness (QED) is 0.460. The molecule has 0 aromatic carbocycles. The van der Waals surface area contributed by atoms with Crippen LogP contribution in [-0.4, -0.2) is 3.21 Å². The normalized spacial score (nSPS) is 36.8. The summed E-state index contributed by atoms with van der Waals surface area (Å²) in [5, 5.41) is 0. The van der Waals surface area contributed by atoms with Crippen molar-refractivity contribution in [3.63, 3.8) is 0 Å². The van der Waals surface area contributed by atoms with Gasteiger partial charge in [-0.2, -0.15) is 0 Å². The summed E-state index contributed by atoms with van der Waals surface area (Å²) < 4.78 is 4.03. The van der Waals surface area contributed by atoms with Gasteiger partial charge in [-0.25, -0.2) is 0 Å². The maximum absolute atomic E-state index is 2.66. The molecule has 3 saturated carbocycles. The largest absolute Gasteiger partial charge is 1.00 e. The fraction of sp³-hybridized carbons (Fsp3) is 0.719. The minimum atomic E-state index is -1.97. The van der Waals surface area contributed by atoms with Gasteiger partial charge in [0.25, 0.3) is 0 Å². The second-order valence-corrected chi connectivity index (χ2v) is 20.7. The molecule has 0 aromatic rings. The molecule has 3 fully saturated rings. The van der Waals surface area contributed by atoms with E-state index in [1.807, 2.05) is 11.1 Å². The third kappa shape index (κ3) is 5.55. The van der Waals surface area contributed by atoms with E-state index in [0.29, 0.717) is 10.8 Å². The topological polar surface area (TPSA) is 0 Å². The fourth-order valence-corrected chi connectivity index (χ4v) is 20.9. The van der Waals surface area contributed by atoms with E-state index in [1.54, 1.807) is 0 Å². The summed E-state index contributed by atoms with van der Waals surface area (Å²) in [6.07, 6.45) is 27.9. The summed E-state index contributed by atoms with van der Waals surface area (Å²) in [5.41, 5.74) is 4.66. The molecule has 0 aromatic heterocycles. The van der Waals surface area contributed by atoms with Crippen LogP contribution in [0.25, 0.3) is 0 Å². The van der Waals surface area contributed by atoms with Crippen LogP contribution in [0.3, 0.4) is 0 Å². The number of fused-ring (bicyclic) bond motifs is 2. The van der Waals surface area contributed by atoms with Gasteiger partial charge < -0.3 is 24.8 Å². The Kier molecular flexibility index (Phi) is 9.87. The molecule has 0 heterocycles. The van der Waals surface area contributed by atoms with Gasteiger partial charge in [0, 0.05) is 0 Å². The average Bonchev–Trinajstić information content (AvgIpc) is 3.18. The van der Waals surface area contributed by atoms with E-state index >= 15 is 0 Å². The van der Waals surface area contributed by atoms with E-state index < -0.39 is 21.3 Å². The van der Waals surface area contributed by atoms with E-state index in [-0.39, 0.29) is 24.8 Å². The van der Waals surface area contributed by atoms with E-state index in [1.165, 1.54) is 57.8 Å². The van der Waals surface area contributed by atoms with Crippen LogP contribution >= 0.6 is 0 Å². The molecule has 0 amide bonds. The van der Waals surface area contributed by atoms with Gasteiger partial charge in [-0.05, 0) is 0 Å². The number of rotatable bonds is 2. The first-order valence-corrected chi connectivity index (χ1v) is 18.2. The van der Waals surface area contributed by atoms with Crippen molar-refractivity contribution in [2.75, 3.05) is 0 Å². The van der Waals surface area contributed by atoms with Crippen LogP contribution < -0.4 is 24.8 Å². The molecule has 6 unspecified atom stereocenters. The molecule has 0 bridgehead atoms. The Balaban J connectivity index is 0.00000171. The number of halogens is 2. The first-order valence-electron chi connectivity index (χ1n) is 14.2. The van der Waals surface area contributed by atoms with Gasteiger partial charge in [-0.3, -0.25) is 0 Å². The molecular formula is C32H48Cl2Zr. The monoisotopic (exact) mass is 592 g/mol. The van der Waals surface area contributed by atoms with Crippen molar-refractivity contribution in [2.45, 2.75) is 107 Å². The summed E-state index contributed by atoms with van der Waals surface area (Å²) >= 11 is -1.97. The average molecular weight is 595 g/mol. The summed E-state index contributed by atoms with van der Waals surface area (Å²) in [4.78, 5) is 0. The van der Waals surface area contributed by atoms with Crippen molar-refractivity contribution < 1.29 is 46.1 Å². The number of allylic oxidation sites excluding steroid dienone is 8. The van der Waals surface area contributed by atoms with Gasteiger partial charge in [0.2, 0.25) is 0 Å². The Morgan fingerprint density at radius 1 is 0.686 bits per heavy atom. The second kappa shape index (κ2) is 11.6. The zero-order valence-electron chi connectivity index (χ0n) is 23.0. The Labute approximate surface area is 236 Å². The van der Waals surface area contributed by atoms with Crippen LogP contribution in [-0.2, 0) is 21.3 Å². The molecule has 0 spiro atoms. The zero-order chi connectivity index (χ0) is 23.4. The third-order valence-electron chi connectivity index (χ3n) is 10.4. The van der Waals surface area contributed by atoms with Crippen molar-refractivity contribution in [3.05, 3.63) is 47.6 Å². The van der Waals surface area contributed by atoms with Crippen LogP contribution in [0.4, 0.5) is 0 Å². The van der Waals surface area contributed by atoms with Crippen LogP contribution in [0.15, 0.2) is 47.6 Å². The maximum Gasteiger partial charge on any atom is -1.00 e. The summed E-state index contributed by atoms with van der Waals surface area (Å²) in [7, 11) is 0. The SMILES string of the molecule is CC1CC2C(=CC=CCC2(C)C)[CH]1[Zr+2](=[C]1CCCCC1)[CH]1C2=CC=CCC(C)(C)C2CC1C.[Cl-].[Cl-]. The van der Waals surface area contributed by atoms with Gasteiger partial charge in [0.15, 0.2) is 0 Å². The molecule has 194 valence electrons. The van der Waals surface area contributed by atoms with E-state index in [9.17, 15) is 0 Å². The zero-order valence-corrected chi connectivity index (χ0v) is 27.0. The van der Waals surface area contributed by atoms with E-state index in [4.69, 9.17) is 0 Å². The maximum atomic E-state index is 2.66. The van der Waals surface area contributed by atoms with Crippen molar-refractivity contribution >= 4 is 3.21 Å². The Morgan fingerprint density at radius 2 is 1.11 bits per heavy atom.